The van der Waals surface area contributed by atoms with E-state index in [4.69, 9.17) is 15.2 Å². The summed E-state index contributed by atoms with van der Waals surface area (Å²) in [5, 5.41) is 50.2. The van der Waals surface area contributed by atoms with Gasteiger partial charge in [-0.2, -0.15) is 17.6 Å². The van der Waals surface area contributed by atoms with E-state index in [1.807, 2.05) is 0 Å². The van der Waals surface area contributed by atoms with Crippen molar-refractivity contribution in [3.8, 4) is 0 Å². The van der Waals surface area contributed by atoms with Crippen molar-refractivity contribution in [1.82, 2.24) is 19.5 Å². The zero-order valence-corrected chi connectivity index (χ0v) is 28.0. The number of aromatic nitrogens is 4. The summed E-state index contributed by atoms with van der Waals surface area (Å²) in [4.78, 5) is 46.2. The van der Waals surface area contributed by atoms with Gasteiger partial charge in [-0.15, -0.1) is 0 Å². The van der Waals surface area contributed by atoms with Gasteiger partial charge in [-0.1, -0.05) is 0 Å². The molecule has 0 bridgehead atoms. The van der Waals surface area contributed by atoms with Crippen LogP contribution in [0.4, 0.5) is 5.95 Å². The molecule has 2 fully saturated rings. The van der Waals surface area contributed by atoms with Gasteiger partial charge < -0.3 is 55.1 Å². The number of nitrogen functional groups attached to an aromatic ring is 1. The molecule has 11 unspecified atom stereocenters. The van der Waals surface area contributed by atoms with Crippen LogP contribution in [0.25, 0.3) is 11.2 Å². The van der Waals surface area contributed by atoms with Gasteiger partial charge in [-0.05, 0) is 0 Å². The number of imidazole rings is 1. The first-order valence-electron chi connectivity index (χ1n) is 10.8. The molecule has 11 atom stereocenters. The average molecular weight is 665 g/mol. The molecule has 0 spiro atoms. The van der Waals surface area contributed by atoms with E-state index in [-0.39, 0.29) is 82.0 Å². The Hall–Kier alpha value is 0.480. The Bertz CT molecular complexity index is 1350. The van der Waals surface area contributed by atoms with Crippen LogP contribution >= 0.6 is 28.3 Å². The quantitative estimate of drug-likeness (QED) is 0.0700. The van der Waals surface area contributed by atoms with E-state index < -0.39 is 83.1 Å². The van der Waals surface area contributed by atoms with Gasteiger partial charge in [-0.3, -0.25) is 28.0 Å². The Morgan fingerprint density at radius 3 is 2.29 bits per heavy atom. The predicted octanol–water partition coefficient (Wildman–Crippen LogP) is -10.9. The first-order chi connectivity index (χ1) is 18.1. The number of rotatable bonds is 9. The van der Waals surface area contributed by atoms with Crippen LogP contribution in [-0.4, -0.2) is 106 Å². The molecule has 2 aromatic heterocycles. The number of phosphoric acid groups is 2. The van der Waals surface area contributed by atoms with Crippen LogP contribution in [0.3, 0.4) is 0 Å². The number of aliphatic hydroxyl groups is 5. The molecule has 4 rings (SSSR count). The van der Waals surface area contributed by atoms with Crippen LogP contribution in [0.15, 0.2) is 11.1 Å². The number of nitrogens with two attached hydrogens (primary N) is 1. The minimum absolute atomic E-state index is 0. The topological polar surface area (TPSA) is 317 Å². The molecule has 0 saturated carbocycles. The molecule has 0 amide bonds. The molecule has 0 aromatic carbocycles. The monoisotopic (exact) mass is 665 g/mol. The standard InChI is InChI=1S/C16H25N5O15P2S.2Na/c17-16-19-12-6(13(27)20-16)18-3-21(12)14-10(25)7(22)4(33-14)1-32-37(28,29)36-38(30,31)35-15-11(26)9(24)8(23)5(2-39)34-15;;/h3-5,7-11,14-15,22-26,39H,1-2H2,(H,28,29)(H,30,31)(H3,17,19,20,27);;/q;2*+1/p-2. The number of hydrogen-bond donors (Lipinski definition) is 8. The Labute approximate surface area is 279 Å². The van der Waals surface area contributed by atoms with Crippen LogP contribution in [0.1, 0.15) is 6.23 Å². The maximum absolute atomic E-state index is 12.2. The van der Waals surface area contributed by atoms with Gasteiger partial charge in [0.05, 0.1) is 19.0 Å². The second-order valence-electron chi connectivity index (χ2n) is 8.40. The molecule has 8 N–H and O–H groups in total. The fourth-order valence-electron chi connectivity index (χ4n) is 3.84. The second-order valence-corrected chi connectivity index (χ2v) is 11.7. The molecule has 4 heterocycles. The number of hydrogen-bond acceptors (Lipinski definition) is 19. The SMILES string of the molecule is Nc1nc2c(ncn2C2OC(COP(=O)([O-])OP(=O)([O-])OC3OC(CS)C(O)C(O)C3O)C(O)C2O)c(=O)[nH]1.[Na+].[Na+]. The Morgan fingerprint density at radius 2 is 1.66 bits per heavy atom. The van der Waals surface area contributed by atoms with Crippen LogP contribution in [0, 0.1) is 0 Å². The second kappa shape index (κ2) is 14.7. The van der Waals surface area contributed by atoms with Crippen molar-refractivity contribution in [1.29, 1.82) is 0 Å². The van der Waals surface area contributed by atoms with Crippen molar-refractivity contribution in [3.63, 3.8) is 0 Å². The molecule has 0 radical (unpaired) electrons. The summed E-state index contributed by atoms with van der Waals surface area (Å²) in [5.41, 5.74) is 4.52. The fourth-order valence-corrected chi connectivity index (χ4v) is 6.22. The van der Waals surface area contributed by atoms with Gasteiger partial charge in [-0.25, -0.2) is 9.29 Å². The van der Waals surface area contributed by atoms with Gasteiger partial charge in [0.25, 0.3) is 21.2 Å². The summed E-state index contributed by atoms with van der Waals surface area (Å²) in [6, 6.07) is 0. The van der Waals surface area contributed by atoms with Crippen molar-refractivity contribution in [2.24, 2.45) is 0 Å². The number of aliphatic hydroxyl groups excluding tert-OH is 5. The number of fused-ring (bicyclic) bond motifs is 1. The van der Waals surface area contributed by atoms with E-state index in [9.17, 15) is 49.2 Å². The molecule has 20 nitrogen and oxygen atoms in total. The molecule has 2 aromatic rings. The molecular weight excluding hydrogens is 642 g/mol. The van der Waals surface area contributed by atoms with E-state index in [0.29, 0.717) is 0 Å². The van der Waals surface area contributed by atoms with Gasteiger partial charge in [0.2, 0.25) is 5.95 Å². The normalized spacial score (nSPS) is 34.8. The largest absolute Gasteiger partial charge is 1.00 e. The number of H-pyrrole nitrogens is 1. The molecule has 220 valence electrons. The van der Waals surface area contributed by atoms with E-state index in [1.165, 1.54) is 0 Å². The maximum atomic E-state index is 12.2. The minimum atomic E-state index is -5.85. The van der Waals surface area contributed by atoms with Crippen LogP contribution < -0.4 is 80.2 Å². The third kappa shape index (κ3) is 8.40. The Kier molecular flexibility index (Phi) is 13.5. The van der Waals surface area contributed by atoms with E-state index >= 15 is 0 Å². The van der Waals surface area contributed by atoms with Crippen molar-refractivity contribution in [2.75, 3.05) is 18.1 Å². The molecule has 25 heteroatoms. The fraction of sp³-hybridized carbons (Fsp3) is 0.688. The molecular formula is C16H23N5Na2O15P2S. The summed E-state index contributed by atoms with van der Waals surface area (Å²) in [6.45, 7) is -1.06. The first kappa shape index (κ1) is 37.7. The summed E-state index contributed by atoms with van der Waals surface area (Å²) in [5.74, 6) is -0.516. The molecule has 2 aliphatic heterocycles. The van der Waals surface area contributed by atoms with Crippen LogP contribution in [-0.2, 0) is 32.0 Å². The molecule has 41 heavy (non-hydrogen) atoms. The van der Waals surface area contributed by atoms with Crippen molar-refractivity contribution in [3.05, 3.63) is 16.7 Å². The first-order valence-corrected chi connectivity index (χ1v) is 14.4. The summed E-state index contributed by atoms with van der Waals surface area (Å²) >= 11 is 3.84. The van der Waals surface area contributed by atoms with Gasteiger partial charge in [0.15, 0.2) is 23.7 Å². The molecule has 2 aliphatic rings. The van der Waals surface area contributed by atoms with E-state index in [2.05, 4.69) is 40.9 Å². The number of nitrogens with one attached hydrogen (secondary N) is 1. The maximum Gasteiger partial charge on any atom is 1.00 e. The van der Waals surface area contributed by atoms with Crippen molar-refractivity contribution < 1.29 is 126 Å². The number of ether oxygens (including phenoxy) is 2. The summed E-state index contributed by atoms with van der Waals surface area (Å²) in [6.07, 6.45) is -14.6. The number of aromatic amines is 1. The molecule has 2 saturated heterocycles. The number of nitrogens with zero attached hydrogens (tertiary/aromatic N) is 3. The minimum Gasteiger partial charge on any atom is -0.756 e. The Morgan fingerprint density at radius 1 is 1.02 bits per heavy atom. The van der Waals surface area contributed by atoms with Crippen molar-refractivity contribution in [2.45, 2.75) is 55.2 Å². The number of thiol groups is 1. The average Bonchev–Trinajstić information content (AvgIpc) is 3.38. The zero-order valence-electron chi connectivity index (χ0n) is 21.3. The van der Waals surface area contributed by atoms with Gasteiger partial charge in [0, 0.05) is 5.75 Å². The summed E-state index contributed by atoms with van der Waals surface area (Å²) < 4.78 is 48.5. The smallest absolute Gasteiger partial charge is 0.756 e. The van der Waals surface area contributed by atoms with Gasteiger partial charge >= 0.3 is 59.1 Å². The van der Waals surface area contributed by atoms with E-state index in [0.717, 1.165) is 10.9 Å². The van der Waals surface area contributed by atoms with Crippen LogP contribution in [0.2, 0.25) is 0 Å². The van der Waals surface area contributed by atoms with Crippen molar-refractivity contribution >= 4 is 45.4 Å². The number of anilines is 1. The third-order valence-corrected chi connectivity index (χ3v) is 8.63. The van der Waals surface area contributed by atoms with Gasteiger partial charge in [0.1, 0.15) is 36.6 Å². The zero-order chi connectivity index (χ0) is 28.9. The molecule has 0 aliphatic carbocycles. The third-order valence-electron chi connectivity index (χ3n) is 5.74. The number of phosphoric ester groups is 2. The van der Waals surface area contributed by atoms with Crippen LogP contribution in [0.5, 0.6) is 0 Å². The van der Waals surface area contributed by atoms with E-state index in [1.54, 1.807) is 0 Å². The predicted molar refractivity (Wildman–Crippen MR) is 122 cm³/mol. The summed E-state index contributed by atoms with van der Waals surface area (Å²) in [7, 11) is -11.6. The Balaban J connectivity index is 0.00000294.